The van der Waals surface area contributed by atoms with Crippen molar-refractivity contribution >= 4 is 37.7 Å². The third-order valence-electron chi connectivity index (χ3n) is 2.42. The molecule has 2 aromatic rings. The van der Waals surface area contributed by atoms with E-state index in [1.807, 2.05) is 6.92 Å². The van der Waals surface area contributed by atoms with Gasteiger partial charge in [-0.2, -0.15) is 5.10 Å². The Balaban J connectivity index is 2.37. The summed E-state index contributed by atoms with van der Waals surface area (Å²) < 4.78 is 16.4. The predicted molar refractivity (Wildman–Crippen MR) is 72.3 cm³/mol. The molecule has 0 amide bonds. The third kappa shape index (κ3) is 2.52. The Kier molecular flexibility index (Phi) is 3.53. The highest BCUT2D eigenvalue weighted by Crippen LogP contribution is 2.25. The number of aromatic nitrogens is 2. The highest BCUT2D eigenvalue weighted by Gasteiger charge is 2.11. The first-order valence-corrected chi connectivity index (χ1v) is 6.50. The van der Waals surface area contributed by atoms with Gasteiger partial charge in [0.15, 0.2) is 0 Å². The van der Waals surface area contributed by atoms with Crippen LogP contribution in [0.5, 0.6) is 0 Å². The Morgan fingerprint density at radius 1 is 1.41 bits per heavy atom. The van der Waals surface area contributed by atoms with Crippen LogP contribution in [0.25, 0.3) is 0 Å². The van der Waals surface area contributed by atoms with Crippen LogP contribution in [0.1, 0.15) is 11.3 Å². The van der Waals surface area contributed by atoms with E-state index in [1.54, 1.807) is 10.7 Å². The summed E-state index contributed by atoms with van der Waals surface area (Å²) in [6.45, 7) is 2.29. The van der Waals surface area contributed by atoms with Gasteiger partial charge in [-0.25, -0.2) is 9.07 Å². The number of benzene rings is 1. The number of hydrogen-bond acceptors (Lipinski definition) is 2. The fraction of sp³-hybridized carbons (Fsp3) is 0.182. The van der Waals surface area contributed by atoms with Crippen molar-refractivity contribution in [2.75, 3.05) is 5.73 Å². The number of nitrogen functional groups attached to an aromatic ring is 1. The first-order chi connectivity index (χ1) is 7.99. The second kappa shape index (κ2) is 4.78. The lowest BCUT2D eigenvalue weighted by molar-refractivity contribution is 0.619. The largest absolute Gasteiger partial charge is 0.383 e. The van der Waals surface area contributed by atoms with E-state index >= 15 is 0 Å². The third-order valence-corrected chi connectivity index (χ3v) is 4.17. The van der Waals surface area contributed by atoms with Crippen LogP contribution in [-0.4, -0.2) is 9.78 Å². The summed E-state index contributed by atoms with van der Waals surface area (Å²) in [5, 5.41) is 4.28. The van der Waals surface area contributed by atoms with Crippen LogP contribution < -0.4 is 5.73 Å². The van der Waals surface area contributed by atoms with Crippen molar-refractivity contribution in [1.82, 2.24) is 9.78 Å². The zero-order valence-corrected chi connectivity index (χ0v) is 12.2. The monoisotopic (exact) mass is 361 g/mol. The Hall–Kier alpha value is -0.880. The number of rotatable bonds is 2. The molecule has 0 aliphatic rings. The van der Waals surface area contributed by atoms with Crippen molar-refractivity contribution in [1.29, 1.82) is 0 Å². The van der Waals surface area contributed by atoms with Crippen LogP contribution in [0.3, 0.4) is 0 Å². The lowest BCUT2D eigenvalue weighted by Crippen LogP contribution is -2.06. The maximum Gasteiger partial charge on any atom is 0.136 e. The van der Waals surface area contributed by atoms with E-state index in [-0.39, 0.29) is 5.82 Å². The van der Waals surface area contributed by atoms with Gasteiger partial charge in [0.05, 0.1) is 16.7 Å². The van der Waals surface area contributed by atoms with Gasteiger partial charge in [-0.15, -0.1) is 0 Å². The van der Waals surface area contributed by atoms with E-state index in [0.717, 1.165) is 20.2 Å². The highest BCUT2D eigenvalue weighted by atomic mass is 79.9. The van der Waals surface area contributed by atoms with E-state index < -0.39 is 0 Å². The van der Waals surface area contributed by atoms with Crippen molar-refractivity contribution in [3.63, 3.8) is 0 Å². The van der Waals surface area contributed by atoms with Gasteiger partial charge in [-0.3, -0.25) is 0 Å². The minimum absolute atomic E-state index is 0.273. The number of anilines is 1. The Morgan fingerprint density at radius 2 is 2.12 bits per heavy atom. The molecule has 17 heavy (non-hydrogen) atoms. The van der Waals surface area contributed by atoms with E-state index in [2.05, 4.69) is 37.0 Å². The number of nitrogens with two attached hydrogens (primary N) is 1. The second-order valence-corrected chi connectivity index (χ2v) is 5.33. The number of halogens is 3. The zero-order chi connectivity index (χ0) is 12.6. The van der Waals surface area contributed by atoms with Crippen molar-refractivity contribution in [3.05, 3.63) is 44.2 Å². The summed E-state index contributed by atoms with van der Waals surface area (Å²) in [6.07, 6.45) is 0. The molecule has 0 spiro atoms. The molecule has 2 N–H and O–H groups in total. The molecule has 0 radical (unpaired) electrons. The smallest absolute Gasteiger partial charge is 0.136 e. The van der Waals surface area contributed by atoms with Crippen LogP contribution in [-0.2, 0) is 6.54 Å². The summed E-state index contributed by atoms with van der Waals surface area (Å²) in [7, 11) is 0. The Bertz CT molecular complexity index is 566. The van der Waals surface area contributed by atoms with Gasteiger partial charge in [-0.1, -0.05) is 15.9 Å². The van der Waals surface area contributed by atoms with Crippen molar-refractivity contribution < 1.29 is 4.39 Å². The van der Waals surface area contributed by atoms with E-state index in [9.17, 15) is 4.39 Å². The normalized spacial score (nSPS) is 10.8. The number of hydrogen-bond donors (Lipinski definition) is 1. The minimum atomic E-state index is -0.273. The summed E-state index contributed by atoms with van der Waals surface area (Å²) in [5.41, 5.74) is 7.50. The van der Waals surface area contributed by atoms with E-state index in [4.69, 9.17) is 5.73 Å². The molecule has 3 nitrogen and oxygen atoms in total. The first kappa shape index (κ1) is 12.6. The van der Waals surface area contributed by atoms with Crippen LogP contribution >= 0.6 is 31.9 Å². The highest BCUT2D eigenvalue weighted by molar-refractivity contribution is 9.11. The minimum Gasteiger partial charge on any atom is -0.383 e. The average Bonchev–Trinajstić information content (AvgIpc) is 2.52. The average molecular weight is 363 g/mol. The van der Waals surface area contributed by atoms with Gasteiger partial charge in [0, 0.05) is 4.47 Å². The maximum absolute atomic E-state index is 13.1. The van der Waals surface area contributed by atoms with Crippen LogP contribution in [0, 0.1) is 12.7 Å². The lowest BCUT2D eigenvalue weighted by Gasteiger charge is -2.06. The van der Waals surface area contributed by atoms with Gasteiger partial charge < -0.3 is 5.73 Å². The van der Waals surface area contributed by atoms with Gasteiger partial charge in [0.25, 0.3) is 0 Å². The maximum atomic E-state index is 13.1. The van der Waals surface area contributed by atoms with Crippen molar-refractivity contribution in [2.45, 2.75) is 13.5 Å². The fourth-order valence-electron chi connectivity index (χ4n) is 1.52. The molecule has 1 heterocycles. The van der Waals surface area contributed by atoms with E-state index in [1.165, 1.54) is 12.1 Å². The summed E-state index contributed by atoms with van der Waals surface area (Å²) in [5.74, 6) is 0.267. The van der Waals surface area contributed by atoms with Crippen LogP contribution in [0.2, 0.25) is 0 Å². The summed E-state index contributed by atoms with van der Waals surface area (Å²) in [6, 6.07) is 4.54. The summed E-state index contributed by atoms with van der Waals surface area (Å²) in [4.78, 5) is 0. The molecule has 1 aromatic carbocycles. The molecule has 90 valence electrons. The van der Waals surface area contributed by atoms with Crippen LogP contribution in [0.15, 0.2) is 27.1 Å². The molecule has 0 saturated heterocycles. The number of nitrogens with zero attached hydrogens (tertiary/aromatic N) is 2. The van der Waals surface area contributed by atoms with Gasteiger partial charge in [0.2, 0.25) is 0 Å². The Morgan fingerprint density at radius 3 is 2.71 bits per heavy atom. The molecule has 0 unspecified atom stereocenters. The van der Waals surface area contributed by atoms with Crippen molar-refractivity contribution in [3.8, 4) is 0 Å². The predicted octanol–water partition coefficient (Wildman–Crippen LogP) is 3.49. The lowest BCUT2D eigenvalue weighted by atomic mass is 10.2. The molecule has 0 aliphatic heterocycles. The molecule has 0 atom stereocenters. The number of aryl methyl sites for hydroxylation is 1. The van der Waals surface area contributed by atoms with Crippen molar-refractivity contribution in [2.24, 2.45) is 0 Å². The molecule has 6 heteroatoms. The molecule has 1 aromatic heterocycles. The van der Waals surface area contributed by atoms with Gasteiger partial charge in [0.1, 0.15) is 11.6 Å². The van der Waals surface area contributed by atoms with E-state index in [0.29, 0.717) is 12.4 Å². The van der Waals surface area contributed by atoms with Crippen LogP contribution in [0.4, 0.5) is 10.2 Å². The molecular weight excluding hydrogens is 353 g/mol. The SMILES string of the molecule is Cc1nn(Cc2cc(F)ccc2Br)c(N)c1Br. The zero-order valence-electron chi connectivity index (χ0n) is 9.04. The first-order valence-electron chi connectivity index (χ1n) is 4.91. The topological polar surface area (TPSA) is 43.8 Å². The summed E-state index contributed by atoms with van der Waals surface area (Å²) >= 11 is 6.73. The van der Waals surface area contributed by atoms with Gasteiger partial charge in [-0.05, 0) is 46.6 Å². The molecular formula is C11H10Br2FN3. The standard InChI is InChI=1S/C11H10Br2FN3/c1-6-10(13)11(15)17(16-6)5-7-4-8(14)2-3-9(7)12/h2-4H,5,15H2,1H3. The second-order valence-electron chi connectivity index (χ2n) is 3.68. The quantitative estimate of drug-likeness (QED) is 0.888. The Labute approximate surface area is 115 Å². The molecule has 0 aliphatic carbocycles. The molecule has 0 fully saturated rings. The fourth-order valence-corrected chi connectivity index (χ4v) is 2.18. The van der Waals surface area contributed by atoms with Gasteiger partial charge >= 0.3 is 0 Å². The molecule has 2 rings (SSSR count). The molecule has 0 saturated carbocycles. The molecule has 0 bridgehead atoms.